The third-order valence-electron chi connectivity index (χ3n) is 3.90. The molecular weight excluding hydrogens is 254 g/mol. The van der Waals surface area contributed by atoms with Gasteiger partial charge in [-0.05, 0) is 36.6 Å². The molecule has 1 saturated carbocycles. The molecule has 1 heterocycles. The van der Waals surface area contributed by atoms with Gasteiger partial charge in [-0.25, -0.2) is 0 Å². The van der Waals surface area contributed by atoms with Crippen LogP contribution in [0.25, 0.3) is 0 Å². The fraction of sp³-hybridized carbons (Fsp3) is 0.625. The summed E-state index contributed by atoms with van der Waals surface area (Å²) in [6.45, 7) is 4.94. The quantitative estimate of drug-likeness (QED) is 0.742. The summed E-state index contributed by atoms with van der Waals surface area (Å²) < 4.78 is 16.6. The second-order valence-corrected chi connectivity index (χ2v) is 5.53. The standard InChI is InChI=1S/C16H23NO3/c1-2-17-14(10-18-8-7-12-3-4-12)13-5-6-15-16(9-13)20-11-19-15/h5-6,9,12,14,17H,2-4,7-8,10-11H2,1H3. The lowest BCUT2D eigenvalue weighted by Crippen LogP contribution is -2.25. The van der Waals surface area contributed by atoms with E-state index in [4.69, 9.17) is 14.2 Å². The largest absolute Gasteiger partial charge is 0.454 e. The third-order valence-corrected chi connectivity index (χ3v) is 3.90. The molecule has 1 N–H and O–H groups in total. The highest BCUT2D eigenvalue weighted by molar-refractivity contribution is 5.45. The minimum absolute atomic E-state index is 0.216. The first-order valence-electron chi connectivity index (χ1n) is 7.57. The molecule has 20 heavy (non-hydrogen) atoms. The number of benzene rings is 1. The average Bonchev–Trinajstić information content (AvgIpc) is 3.17. The molecule has 4 nitrogen and oxygen atoms in total. The molecule has 110 valence electrons. The zero-order valence-electron chi connectivity index (χ0n) is 12.1. The van der Waals surface area contributed by atoms with E-state index < -0.39 is 0 Å². The van der Waals surface area contributed by atoms with E-state index in [1.807, 2.05) is 6.07 Å². The van der Waals surface area contributed by atoms with Crippen LogP contribution in [0.4, 0.5) is 0 Å². The van der Waals surface area contributed by atoms with E-state index in [0.717, 1.165) is 30.6 Å². The van der Waals surface area contributed by atoms with Gasteiger partial charge in [-0.1, -0.05) is 25.8 Å². The van der Waals surface area contributed by atoms with Crippen LogP contribution in [0.3, 0.4) is 0 Å². The van der Waals surface area contributed by atoms with Crippen molar-refractivity contribution in [1.29, 1.82) is 0 Å². The smallest absolute Gasteiger partial charge is 0.231 e. The van der Waals surface area contributed by atoms with Crippen molar-refractivity contribution in [2.45, 2.75) is 32.2 Å². The van der Waals surface area contributed by atoms with Gasteiger partial charge in [0.1, 0.15) is 0 Å². The molecule has 1 aromatic rings. The molecule has 1 atom stereocenters. The van der Waals surface area contributed by atoms with E-state index in [1.165, 1.54) is 24.8 Å². The molecule has 1 aliphatic carbocycles. The Morgan fingerprint density at radius 2 is 2.15 bits per heavy atom. The van der Waals surface area contributed by atoms with Crippen molar-refractivity contribution in [2.75, 3.05) is 26.6 Å². The number of rotatable bonds is 8. The normalized spacial score (nSPS) is 18.2. The van der Waals surface area contributed by atoms with Crippen LogP contribution >= 0.6 is 0 Å². The van der Waals surface area contributed by atoms with E-state index in [0.29, 0.717) is 13.4 Å². The Hall–Kier alpha value is -1.26. The molecule has 4 heteroatoms. The summed E-state index contributed by atoms with van der Waals surface area (Å²) >= 11 is 0. The fourth-order valence-corrected chi connectivity index (χ4v) is 2.51. The van der Waals surface area contributed by atoms with Crippen LogP contribution in [0.2, 0.25) is 0 Å². The SMILES string of the molecule is CCNC(COCCC1CC1)c1ccc2c(c1)OCO2. The van der Waals surface area contributed by atoms with Crippen molar-refractivity contribution in [1.82, 2.24) is 5.32 Å². The fourth-order valence-electron chi connectivity index (χ4n) is 2.51. The maximum atomic E-state index is 5.84. The molecule has 0 amide bonds. The second-order valence-electron chi connectivity index (χ2n) is 5.53. The van der Waals surface area contributed by atoms with Crippen LogP contribution in [-0.2, 0) is 4.74 Å². The number of nitrogens with one attached hydrogen (secondary N) is 1. The van der Waals surface area contributed by atoms with Crippen molar-refractivity contribution < 1.29 is 14.2 Å². The summed E-state index contributed by atoms with van der Waals surface area (Å²) in [4.78, 5) is 0. The number of ether oxygens (including phenoxy) is 3. The van der Waals surface area contributed by atoms with E-state index in [1.54, 1.807) is 0 Å². The highest BCUT2D eigenvalue weighted by Gasteiger charge is 2.21. The second kappa shape index (κ2) is 6.46. The van der Waals surface area contributed by atoms with E-state index >= 15 is 0 Å². The summed E-state index contributed by atoms with van der Waals surface area (Å²) in [5.74, 6) is 2.60. The predicted molar refractivity (Wildman–Crippen MR) is 77.1 cm³/mol. The molecule has 1 aromatic carbocycles. The van der Waals surface area contributed by atoms with Gasteiger partial charge in [-0.2, -0.15) is 0 Å². The molecule has 1 aliphatic heterocycles. The van der Waals surface area contributed by atoms with Gasteiger partial charge < -0.3 is 19.5 Å². The first kappa shape index (κ1) is 13.7. The minimum atomic E-state index is 0.216. The van der Waals surface area contributed by atoms with Gasteiger partial charge in [0.2, 0.25) is 6.79 Å². The number of likely N-dealkylation sites (N-methyl/N-ethyl adjacent to an activating group) is 1. The van der Waals surface area contributed by atoms with Gasteiger partial charge in [0.25, 0.3) is 0 Å². The molecule has 1 fully saturated rings. The van der Waals surface area contributed by atoms with Crippen molar-refractivity contribution >= 4 is 0 Å². The van der Waals surface area contributed by atoms with E-state index in [9.17, 15) is 0 Å². The molecule has 0 bridgehead atoms. The molecule has 0 spiro atoms. The zero-order valence-corrected chi connectivity index (χ0v) is 12.1. The van der Waals surface area contributed by atoms with Gasteiger partial charge >= 0.3 is 0 Å². The Labute approximate surface area is 120 Å². The Morgan fingerprint density at radius 3 is 2.95 bits per heavy atom. The van der Waals surface area contributed by atoms with Gasteiger partial charge in [0, 0.05) is 6.61 Å². The topological polar surface area (TPSA) is 39.7 Å². The van der Waals surface area contributed by atoms with E-state index in [2.05, 4.69) is 24.4 Å². The summed E-state index contributed by atoms with van der Waals surface area (Å²) in [7, 11) is 0. The lowest BCUT2D eigenvalue weighted by molar-refractivity contribution is 0.106. The van der Waals surface area contributed by atoms with Gasteiger partial charge in [0.15, 0.2) is 11.5 Å². The van der Waals surface area contributed by atoms with Crippen LogP contribution < -0.4 is 14.8 Å². The molecule has 0 saturated heterocycles. The average molecular weight is 277 g/mol. The number of hydrogen-bond donors (Lipinski definition) is 1. The van der Waals surface area contributed by atoms with Gasteiger partial charge in [0.05, 0.1) is 12.6 Å². The van der Waals surface area contributed by atoms with Crippen LogP contribution in [0.5, 0.6) is 11.5 Å². The lowest BCUT2D eigenvalue weighted by Gasteiger charge is -2.19. The Kier molecular flexibility index (Phi) is 4.43. The Balaban J connectivity index is 1.56. The third kappa shape index (κ3) is 3.44. The van der Waals surface area contributed by atoms with E-state index in [-0.39, 0.29) is 6.04 Å². The molecule has 3 rings (SSSR count). The molecular formula is C16H23NO3. The zero-order chi connectivity index (χ0) is 13.8. The number of fused-ring (bicyclic) bond motifs is 1. The monoisotopic (exact) mass is 277 g/mol. The first-order valence-corrected chi connectivity index (χ1v) is 7.57. The number of hydrogen-bond acceptors (Lipinski definition) is 4. The summed E-state index contributed by atoms with van der Waals surface area (Å²) in [5, 5.41) is 3.47. The highest BCUT2D eigenvalue weighted by Crippen LogP contribution is 2.34. The van der Waals surface area contributed by atoms with Crippen LogP contribution in [0.15, 0.2) is 18.2 Å². The van der Waals surface area contributed by atoms with Gasteiger partial charge in [-0.15, -0.1) is 0 Å². The van der Waals surface area contributed by atoms with Crippen molar-refractivity contribution in [2.24, 2.45) is 5.92 Å². The van der Waals surface area contributed by atoms with Gasteiger partial charge in [-0.3, -0.25) is 0 Å². The van der Waals surface area contributed by atoms with Crippen LogP contribution in [0.1, 0.15) is 37.8 Å². The Morgan fingerprint density at radius 1 is 1.30 bits per heavy atom. The molecule has 0 aromatic heterocycles. The van der Waals surface area contributed by atoms with Crippen molar-refractivity contribution in [3.05, 3.63) is 23.8 Å². The maximum Gasteiger partial charge on any atom is 0.231 e. The summed E-state index contributed by atoms with van der Waals surface area (Å²) in [5.41, 5.74) is 1.20. The Bertz CT molecular complexity index is 445. The van der Waals surface area contributed by atoms with Crippen molar-refractivity contribution in [3.8, 4) is 11.5 Å². The van der Waals surface area contributed by atoms with Crippen LogP contribution in [-0.4, -0.2) is 26.6 Å². The molecule has 2 aliphatic rings. The minimum Gasteiger partial charge on any atom is -0.454 e. The first-order chi connectivity index (χ1) is 9.86. The predicted octanol–water partition coefficient (Wildman–Crippen LogP) is 2.88. The lowest BCUT2D eigenvalue weighted by atomic mass is 10.1. The molecule has 0 radical (unpaired) electrons. The summed E-state index contributed by atoms with van der Waals surface area (Å²) in [6, 6.07) is 6.34. The highest BCUT2D eigenvalue weighted by atomic mass is 16.7. The summed E-state index contributed by atoms with van der Waals surface area (Å²) in [6.07, 6.45) is 3.99. The van der Waals surface area contributed by atoms with Crippen LogP contribution in [0, 0.1) is 5.92 Å². The maximum absolute atomic E-state index is 5.84. The molecule has 1 unspecified atom stereocenters. The van der Waals surface area contributed by atoms with Crippen molar-refractivity contribution in [3.63, 3.8) is 0 Å².